The first-order valence-corrected chi connectivity index (χ1v) is 48.9. The minimum Gasteiger partial charge on any atom is -0.386 e. The van der Waals surface area contributed by atoms with Crippen LogP contribution < -0.4 is 62.1 Å². The molecule has 4 aliphatic heterocycles. The number of aromatic nitrogens is 16. The van der Waals surface area contributed by atoms with E-state index in [1.807, 2.05) is 213 Å². The van der Waals surface area contributed by atoms with Crippen LogP contribution >= 0.6 is 47.0 Å². The van der Waals surface area contributed by atoms with Gasteiger partial charge in [-0.05, 0) is 228 Å². The third-order valence-electron chi connectivity index (χ3n) is 23.4. The van der Waals surface area contributed by atoms with Crippen LogP contribution in [0, 0.1) is 44.9 Å². The summed E-state index contributed by atoms with van der Waals surface area (Å²) >= 11 is 5.76. The number of carbonyl (C=O) groups excluding carboxylic acids is 4. The Labute approximate surface area is 801 Å². The van der Waals surface area contributed by atoms with E-state index in [4.69, 9.17) is 24.9 Å². The highest BCUT2D eigenvalue weighted by molar-refractivity contribution is 8.00. The van der Waals surface area contributed by atoms with Crippen molar-refractivity contribution >= 4 is 163 Å². The lowest BCUT2D eigenvalue weighted by molar-refractivity contribution is -0.116. The minimum atomic E-state index is -0.720. The third kappa shape index (κ3) is 26.8. The summed E-state index contributed by atoms with van der Waals surface area (Å²) in [4.78, 5) is 96.3. The van der Waals surface area contributed by atoms with Crippen LogP contribution in [0.2, 0.25) is 0 Å². The van der Waals surface area contributed by atoms with Gasteiger partial charge in [-0.15, -0.1) is 0 Å². The van der Waals surface area contributed by atoms with Gasteiger partial charge in [-0.3, -0.25) is 39.6 Å². The maximum Gasteiger partial charge on any atom is 0.224 e. The zero-order valence-corrected chi connectivity index (χ0v) is 81.1. The molecule has 8 aromatic heterocycles. The fraction of sp³-hybridized carbons (Fsp3) is 0.411. The first-order valence-electron chi connectivity index (χ1n) is 45.6. The van der Waals surface area contributed by atoms with E-state index >= 15 is 0 Å². The van der Waals surface area contributed by atoms with Crippen molar-refractivity contribution in [2.75, 3.05) is 114 Å². The second-order valence-corrected chi connectivity index (χ2v) is 40.5. The van der Waals surface area contributed by atoms with Crippen molar-refractivity contribution in [3.8, 4) is 0 Å². The molecule has 2 saturated carbocycles. The number of hydrogen-bond donors (Lipinski definition) is 16. The molecule has 12 aromatic rings. The van der Waals surface area contributed by atoms with Crippen molar-refractivity contribution in [1.29, 1.82) is 0 Å². The molecule has 4 amide bonds. The van der Waals surface area contributed by atoms with Crippen molar-refractivity contribution in [3.05, 3.63) is 168 Å². The van der Waals surface area contributed by atoms with Gasteiger partial charge < -0.3 is 82.6 Å². The maximum absolute atomic E-state index is 11.6. The molecule has 135 heavy (non-hydrogen) atoms. The Morgan fingerprint density at radius 1 is 0.348 bits per heavy atom. The van der Waals surface area contributed by atoms with Crippen LogP contribution in [0.4, 0.5) is 92.6 Å². The van der Waals surface area contributed by atoms with Crippen LogP contribution in [0.1, 0.15) is 155 Å². The third-order valence-corrected chi connectivity index (χ3v) is 26.8. The Morgan fingerprint density at radius 3 is 0.815 bits per heavy atom. The van der Waals surface area contributed by atoms with Gasteiger partial charge in [-0.2, -0.15) is 20.4 Å². The van der Waals surface area contributed by atoms with Crippen LogP contribution in [0.5, 0.6) is 0 Å². The Balaban J connectivity index is 0.000000137. The highest BCUT2D eigenvalue weighted by atomic mass is 32.2. The number of anilines is 16. The average Bonchev–Trinajstić information content (AvgIpc) is 1.59. The molecule has 6 aliphatic rings. The molecule has 0 unspecified atom stereocenters. The van der Waals surface area contributed by atoms with E-state index in [2.05, 4.69) is 134 Å². The number of nitrogens with one attached hydrogen (secondary N) is 12. The number of β-amino-alcohol motifs (C(OH)–C–C–N with tert-alkyl or cyclic N) is 4. The number of aryl methyl sites for hydroxylation is 4. The molecule has 0 bridgehead atoms. The first kappa shape index (κ1) is 97.1. The number of nitrogens with zero attached hydrogens (tertiary/aromatic N) is 16. The monoisotopic (exact) mass is 1910 g/mol. The maximum atomic E-state index is 11.6. The van der Waals surface area contributed by atoms with E-state index < -0.39 is 22.4 Å². The molecule has 16 N–H and O–H groups in total. The second-order valence-electron chi connectivity index (χ2n) is 36.4. The van der Waals surface area contributed by atoms with Gasteiger partial charge in [0, 0.05) is 166 Å². The number of benzene rings is 4. The number of rotatable bonds is 32. The summed E-state index contributed by atoms with van der Waals surface area (Å²) in [6.07, 6.45) is 10.0. The van der Waals surface area contributed by atoms with Gasteiger partial charge in [0.1, 0.15) is 63.3 Å². The standard InChI is InChI=1S/C25H31N7O2S.C25H33N7O2S.C23H27N7O2S.C22H27N7O2S/c1-3-23(33)26-18-8-10-19(11-9-18)35-24-28-20(27-21-12-16(2)30-31-21)13-22(29-24)32-14-25(34,15-32)17-6-4-5-7-17;1-6-22(33)26-17-7-9-18(10-8-17)35-23-28-19(27-20-11-16(2)30-31-20)12-21(29-23)32-14-25(34,15-32)13-24(3,4)5;1-3-21(31)24-16-6-8-17(9-7-16)33-22-26-18(25-19-10-14(2)28-29-19)11-20(27-22)30-12-23(32,13-30)15-4-5-15;1-4-20(30)23-15-6-8-16(9-7-15)32-21-25-17(24-18-10-14(3)27-28-18)11-19(26-21)29-12-22(31,5-2)13-29/h8-13,17,34H,3-7,14-15H2,1-2H3,(H,26,33)(H2,27,28,29,30,31);7-12,34H,6,13-15H2,1-5H3,(H,26,33)(H2,27,28,29,30,31);6-11,15,32H,3-5,12-13H2,1-2H3,(H,24,31)(H2,25,26,27,28,29);6-11,31H,4-5,12-13H2,1-3H3,(H,23,30)(H2,24,25,26,27,28). The molecular formula is C95H118N28O8S4. The Morgan fingerprint density at radius 2 is 0.593 bits per heavy atom. The van der Waals surface area contributed by atoms with Gasteiger partial charge >= 0.3 is 0 Å². The van der Waals surface area contributed by atoms with Crippen molar-refractivity contribution in [3.63, 3.8) is 0 Å². The van der Waals surface area contributed by atoms with Gasteiger partial charge in [0.2, 0.25) is 23.6 Å². The van der Waals surface area contributed by atoms with Gasteiger partial charge in [0.25, 0.3) is 0 Å². The highest BCUT2D eigenvalue weighted by Gasteiger charge is 2.53. The molecule has 2 aliphatic carbocycles. The van der Waals surface area contributed by atoms with Gasteiger partial charge in [0.15, 0.2) is 43.9 Å². The minimum absolute atomic E-state index is 0.0159. The summed E-state index contributed by atoms with van der Waals surface area (Å²) in [6.45, 7) is 27.9. The quantitative estimate of drug-likeness (QED) is 0.0174. The van der Waals surface area contributed by atoms with Crippen LogP contribution in [-0.4, -0.2) is 199 Å². The molecule has 6 fully saturated rings. The molecule has 0 radical (unpaired) electrons. The second kappa shape index (κ2) is 42.6. The zero-order valence-electron chi connectivity index (χ0n) is 77.9. The molecule has 18 rings (SSSR count). The van der Waals surface area contributed by atoms with Gasteiger partial charge in [-0.1, -0.05) is 68.2 Å². The SMILES string of the molecule is CCC(=O)Nc1ccc(Sc2nc(Nc3cc(C)[nH]n3)cc(N3CC(O)(C4CC4)C3)n2)cc1.CCC(=O)Nc1ccc(Sc2nc(Nc3cc(C)[nH]n3)cc(N3CC(O)(C4CCCC4)C3)n2)cc1.CCC(=O)Nc1ccc(Sc2nc(Nc3cc(C)[nH]n3)cc(N3CC(O)(CC(C)(C)C)C3)n2)cc1.CCC(=O)Nc1ccc(Sc2nc(Nc3cc(C)[nH]n3)cc(N3CC(O)(CC)C3)n2)cc1. The number of carbonyl (C=O) groups is 4. The molecule has 36 nitrogen and oxygen atoms in total. The lowest BCUT2D eigenvalue weighted by Gasteiger charge is -2.50. The zero-order chi connectivity index (χ0) is 95.4. The Bertz CT molecular complexity index is 6080. The predicted octanol–water partition coefficient (Wildman–Crippen LogP) is 16.7. The molecular weight excluding hydrogens is 1790 g/mol. The average molecular weight is 1910 g/mol. The number of amides is 4. The van der Waals surface area contributed by atoms with Crippen LogP contribution in [-0.2, 0) is 19.2 Å². The fourth-order valence-corrected chi connectivity index (χ4v) is 19.2. The van der Waals surface area contributed by atoms with Crippen molar-refractivity contribution < 1.29 is 39.6 Å². The van der Waals surface area contributed by atoms with Crippen molar-refractivity contribution in [2.24, 2.45) is 17.3 Å². The summed E-state index contributed by atoms with van der Waals surface area (Å²) in [5, 5.41) is 98.6. The van der Waals surface area contributed by atoms with E-state index in [0.29, 0.717) is 163 Å². The molecule has 0 spiro atoms. The molecule has 4 saturated heterocycles. The Hall–Kier alpha value is -12.4. The number of aromatic amines is 4. The lowest BCUT2D eigenvalue weighted by atomic mass is 9.78. The summed E-state index contributed by atoms with van der Waals surface area (Å²) in [7, 11) is 0. The summed E-state index contributed by atoms with van der Waals surface area (Å²) in [6, 6.07) is 45.6. The van der Waals surface area contributed by atoms with Crippen molar-refractivity contribution in [1.82, 2.24) is 80.7 Å². The normalized spacial score (nSPS) is 16.0. The summed E-state index contributed by atoms with van der Waals surface area (Å²) in [5.41, 5.74) is 4.28. The Kier molecular flexibility index (Phi) is 30.7. The number of H-pyrrole nitrogens is 4. The smallest absolute Gasteiger partial charge is 0.224 e. The summed E-state index contributed by atoms with van der Waals surface area (Å²) < 4.78 is 0. The topological polar surface area (TPSA) is 476 Å². The number of aliphatic hydroxyl groups is 4. The lowest BCUT2D eigenvalue weighted by Crippen LogP contribution is -2.65. The predicted molar refractivity (Wildman–Crippen MR) is 530 cm³/mol. The van der Waals surface area contributed by atoms with Crippen LogP contribution in [0.25, 0.3) is 0 Å². The molecule has 40 heteroatoms. The highest BCUT2D eigenvalue weighted by Crippen LogP contribution is 2.48. The van der Waals surface area contributed by atoms with Crippen molar-refractivity contribution in [2.45, 2.75) is 223 Å². The first-order chi connectivity index (χ1) is 64.6. The van der Waals surface area contributed by atoms with E-state index in [1.54, 1.807) is 0 Å². The van der Waals surface area contributed by atoms with E-state index in [1.165, 1.54) is 59.9 Å². The van der Waals surface area contributed by atoms with Gasteiger partial charge in [0.05, 0.1) is 31.8 Å². The van der Waals surface area contributed by atoms with Gasteiger partial charge in [-0.25, -0.2) is 39.9 Å². The molecule has 12 heterocycles. The van der Waals surface area contributed by atoms with E-state index in [-0.39, 0.29) is 29.0 Å². The molecule has 710 valence electrons. The van der Waals surface area contributed by atoms with E-state index in [0.717, 1.165) is 120 Å². The number of hydrogen-bond acceptors (Lipinski definition) is 32. The fourth-order valence-electron chi connectivity index (χ4n) is 16.2. The summed E-state index contributed by atoms with van der Waals surface area (Å²) in [5.74, 6) is 9.04. The van der Waals surface area contributed by atoms with Crippen LogP contribution in [0.3, 0.4) is 0 Å². The van der Waals surface area contributed by atoms with E-state index in [9.17, 15) is 39.6 Å². The van der Waals surface area contributed by atoms with Crippen LogP contribution in [0.15, 0.2) is 186 Å². The molecule has 0 atom stereocenters. The largest absolute Gasteiger partial charge is 0.386 e. The molecule has 4 aromatic carbocycles.